The van der Waals surface area contributed by atoms with Crippen molar-refractivity contribution in [2.75, 3.05) is 14.2 Å². The molecule has 0 aliphatic heterocycles. The molecule has 0 spiro atoms. The summed E-state index contributed by atoms with van der Waals surface area (Å²) in [5.41, 5.74) is 2.67. The van der Waals surface area contributed by atoms with Crippen molar-refractivity contribution in [1.29, 1.82) is 0 Å². The fourth-order valence-electron chi connectivity index (χ4n) is 2.02. The maximum Gasteiger partial charge on any atom is 0.343 e. The van der Waals surface area contributed by atoms with Crippen molar-refractivity contribution in [1.82, 2.24) is 0 Å². The Bertz CT molecular complexity index is 706. The third-order valence-corrected chi connectivity index (χ3v) is 3.36. The van der Waals surface area contributed by atoms with Gasteiger partial charge in [-0.2, -0.15) is 0 Å². The number of nitro groups is 1. The van der Waals surface area contributed by atoms with Crippen molar-refractivity contribution in [3.05, 3.63) is 74.6 Å². The molecule has 126 valence electrons. The average Bonchev–Trinajstić information content (AvgIpc) is 2.60. The van der Waals surface area contributed by atoms with Crippen LogP contribution in [0.1, 0.15) is 11.1 Å². The van der Waals surface area contributed by atoms with Crippen molar-refractivity contribution >= 4 is 11.4 Å². The number of hydrogen-bond donors (Lipinski definition) is 0. The van der Waals surface area contributed by atoms with E-state index in [1.54, 1.807) is 39.3 Å². The standard InChI is InChI=1S/C11H14NO2.C7H7NO2/c1-12-10-7-5-4-6-9(10)8-11(13-2)14-3;1-6-4-2-3-5-7(6)8(9)10/h1,4-7,11H,8H2,2-3H3;2-5H,1H3/q+1;. The van der Waals surface area contributed by atoms with Gasteiger partial charge in [-0.25, -0.2) is 0 Å². The molecule has 0 atom stereocenters. The number of methoxy groups -OCH3 is 2. The number of aryl methyl sites for hydroxylation is 1. The normalized spacial score (nSPS) is 9.79. The largest absolute Gasteiger partial charge is 0.356 e. The van der Waals surface area contributed by atoms with Gasteiger partial charge in [0.05, 0.1) is 4.92 Å². The van der Waals surface area contributed by atoms with Crippen molar-refractivity contribution in [2.45, 2.75) is 19.6 Å². The molecule has 2 aromatic rings. The van der Waals surface area contributed by atoms with E-state index in [-0.39, 0.29) is 16.9 Å². The Morgan fingerprint density at radius 1 is 1.12 bits per heavy atom. The van der Waals surface area contributed by atoms with Crippen LogP contribution in [-0.4, -0.2) is 25.4 Å². The Kier molecular flexibility index (Phi) is 8.13. The van der Waals surface area contributed by atoms with Crippen LogP contribution >= 0.6 is 0 Å². The Morgan fingerprint density at radius 2 is 1.71 bits per heavy atom. The van der Waals surface area contributed by atoms with Gasteiger partial charge in [-0.15, -0.1) is 0 Å². The van der Waals surface area contributed by atoms with Crippen LogP contribution in [0.3, 0.4) is 0 Å². The molecule has 0 N–H and O–H groups in total. The van der Waals surface area contributed by atoms with Crippen LogP contribution in [0.5, 0.6) is 0 Å². The fraction of sp³-hybridized carbons (Fsp3) is 0.278. The van der Waals surface area contributed by atoms with Crippen LogP contribution in [0.2, 0.25) is 0 Å². The highest BCUT2D eigenvalue weighted by Gasteiger charge is 2.14. The summed E-state index contributed by atoms with van der Waals surface area (Å²) in [6, 6.07) is 14.3. The molecule has 6 nitrogen and oxygen atoms in total. The van der Waals surface area contributed by atoms with Crippen LogP contribution in [0.25, 0.3) is 4.85 Å². The third kappa shape index (κ3) is 5.80. The van der Waals surface area contributed by atoms with E-state index in [0.29, 0.717) is 12.0 Å². The first-order chi connectivity index (χ1) is 11.5. The van der Waals surface area contributed by atoms with Gasteiger partial charge < -0.3 is 9.47 Å². The molecule has 0 saturated carbocycles. The second kappa shape index (κ2) is 10.1. The molecule has 0 aliphatic rings. The van der Waals surface area contributed by atoms with Gasteiger partial charge in [0.15, 0.2) is 6.29 Å². The first-order valence-electron chi connectivity index (χ1n) is 7.27. The minimum absolute atomic E-state index is 0.183. The van der Waals surface area contributed by atoms with Gasteiger partial charge in [-0.3, -0.25) is 10.1 Å². The van der Waals surface area contributed by atoms with Gasteiger partial charge >= 0.3 is 5.69 Å². The van der Waals surface area contributed by atoms with Crippen molar-refractivity contribution in [3.8, 4) is 6.57 Å². The van der Waals surface area contributed by atoms with Crippen LogP contribution in [-0.2, 0) is 15.9 Å². The third-order valence-electron chi connectivity index (χ3n) is 3.36. The predicted octanol–water partition coefficient (Wildman–Crippen LogP) is 4.35. The molecule has 0 aliphatic carbocycles. The molecule has 0 unspecified atom stereocenters. The zero-order chi connectivity index (χ0) is 17.9. The smallest absolute Gasteiger partial charge is 0.343 e. The van der Waals surface area contributed by atoms with Crippen LogP contribution in [0.4, 0.5) is 11.4 Å². The number of nitrogens with zero attached hydrogens (tertiary/aromatic N) is 2. The molecule has 0 fully saturated rings. The molecule has 2 rings (SSSR count). The van der Waals surface area contributed by atoms with Crippen LogP contribution < -0.4 is 0 Å². The highest BCUT2D eigenvalue weighted by atomic mass is 16.7. The van der Waals surface area contributed by atoms with Crippen molar-refractivity contribution in [3.63, 3.8) is 0 Å². The van der Waals surface area contributed by atoms with E-state index < -0.39 is 0 Å². The minimum Gasteiger partial charge on any atom is -0.356 e. The van der Waals surface area contributed by atoms with E-state index in [0.717, 1.165) is 11.3 Å². The molecule has 0 amide bonds. The molecule has 0 heterocycles. The fourth-order valence-corrected chi connectivity index (χ4v) is 2.02. The zero-order valence-corrected chi connectivity index (χ0v) is 14.0. The Labute approximate surface area is 141 Å². The highest BCUT2D eigenvalue weighted by Crippen LogP contribution is 2.20. The van der Waals surface area contributed by atoms with Gasteiger partial charge in [-0.1, -0.05) is 36.4 Å². The van der Waals surface area contributed by atoms with E-state index in [9.17, 15) is 10.1 Å². The summed E-state index contributed by atoms with van der Waals surface area (Å²) in [6.07, 6.45) is 0.391. The summed E-state index contributed by atoms with van der Waals surface area (Å²) < 4.78 is 10.2. The Morgan fingerprint density at radius 3 is 2.21 bits per heavy atom. The minimum atomic E-state index is -0.380. The molecule has 6 heteroatoms. The maximum absolute atomic E-state index is 10.2. The van der Waals surface area contributed by atoms with E-state index in [4.69, 9.17) is 16.0 Å². The van der Waals surface area contributed by atoms with Gasteiger partial charge in [0.1, 0.15) is 0 Å². The number of para-hydroxylation sites is 2. The Hall–Kier alpha value is -2.75. The topological polar surface area (TPSA) is 66.0 Å². The summed E-state index contributed by atoms with van der Waals surface area (Å²) in [7, 11) is 3.22. The lowest BCUT2D eigenvalue weighted by molar-refractivity contribution is -0.385. The first kappa shape index (κ1) is 19.3. The first-order valence-corrected chi connectivity index (χ1v) is 7.27. The molecule has 0 saturated heterocycles. The maximum atomic E-state index is 10.2. The van der Waals surface area contributed by atoms with E-state index in [2.05, 4.69) is 4.85 Å². The van der Waals surface area contributed by atoms with Gasteiger partial charge in [0.25, 0.3) is 12.3 Å². The SMILES string of the molecule is C#[N+]c1ccccc1CC(OC)OC.Cc1ccccc1[N+](=O)[O-]. The van der Waals surface area contributed by atoms with Gasteiger partial charge in [0.2, 0.25) is 0 Å². The summed E-state index contributed by atoms with van der Waals surface area (Å²) >= 11 is 0. The highest BCUT2D eigenvalue weighted by molar-refractivity contribution is 5.52. The second-order valence-corrected chi connectivity index (χ2v) is 4.91. The number of nitro benzene ring substituents is 1. The summed E-state index contributed by atoms with van der Waals surface area (Å²) in [6.45, 7) is 6.97. The molecular weight excluding hydrogens is 308 g/mol. The lowest BCUT2D eigenvalue weighted by Gasteiger charge is -2.11. The predicted molar refractivity (Wildman–Crippen MR) is 93.7 cm³/mol. The van der Waals surface area contributed by atoms with Crippen molar-refractivity contribution < 1.29 is 14.4 Å². The van der Waals surface area contributed by atoms with Gasteiger partial charge in [-0.05, 0) is 11.8 Å². The molecule has 2 aromatic carbocycles. The number of ether oxygens (including phenoxy) is 2. The van der Waals surface area contributed by atoms with E-state index >= 15 is 0 Å². The molecule has 24 heavy (non-hydrogen) atoms. The number of benzene rings is 2. The Balaban J connectivity index is 0.000000254. The molecular formula is C18H21N2O4+. The number of rotatable bonds is 5. The lowest BCUT2D eigenvalue weighted by atomic mass is 10.1. The molecule has 0 bridgehead atoms. The summed E-state index contributed by atoms with van der Waals surface area (Å²) in [5, 5.41) is 10.2. The lowest BCUT2D eigenvalue weighted by Crippen LogP contribution is -2.15. The van der Waals surface area contributed by atoms with Crippen LogP contribution in [0.15, 0.2) is 48.5 Å². The average molecular weight is 329 g/mol. The molecule has 0 radical (unpaired) electrons. The quantitative estimate of drug-likeness (QED) is 0.465. The van der Waals surface area contributed by atoms with E-state index in [1.807, 2.05) is 24.3 Å². The number of hydrogen-bond acceptors (Lipinski definition) is 4. The van der Waals surface area contributed by atoms with Gasteiger partial charge in [0, 0.05) is 43.9 Å². The summed E-state index contributed by atoms with van der Waals surface area (Å²) in [4.78, 5) is 13.5. The summed E-state index contributed by atoms with van der Waals surface area (Å²) in [5.74, 6) is 0. The van der Waals surface area contributed by atoms with E-state index in [1.165, 1.54) is 6.07 Å². The monoisotopic (exact) mass is 329 g/mol. The van der Waals surface area contributed by atoms with Crippen LogP contribution in [0, 0.1) is 23.6 Å². The molecule has 0 aromatic heterocycles. The zero-order valence-electron chi connectivity index (χ0n) is 14.0. The second-order valence-electron chi connectivity index (χ2n) is 4.91. The van der Waals surface area contributed by atoms with Crippen molar-refractivity contribution in [2.24, 2.45) is 0 Å².